The van der Waals surface area contributed by atoms with Gasteiger partial charge in [0.25, 0.3) is 0 Å². The van der Waals surface area contributed by atoms with E-state index >= 15 is 0 Å². The number of nitrogens with zero attached hydrogens (tertiary/aromatic N) is 1. The highest BCUT2D eigenvalue weighted by Crippen LogP contribution is 2.16. The lowest BCUT2D eigenvalue weighted by molar-refractivity contribution is 0.251. The molecule has 0 atom stereocenters. The van der Waals surface area contributed by atoms with Crippen molar-refractivity contribution in [1.29, 1.82) is 0 Å². The summed E-state index contributed by atoms with van der Waals surface area (Å²) in [5.41, 5.74) is 1.10. The molecular weight excluding hydrogens is 312 g/mol. The van der Waals surface area contributed by atoms with Crippen LogP contribution >= 0.6 is 0 Å². The number of nitrogens with one attached hydrogen (secondary N) is 2. The minimum absolute atomic E-state index is 0.0506. The molecule has 2 amide bonds. The number of hydrogen-bond acceptors (Lipinski definition) is 1. The second-order valence-corrected chi connectivity index (χ2v) is 5.43. The molecule has 0 saturated heterocycles. The molecule has 2 aromatic carbocycles. The Bertz CT molecular complexity index is 860. The van der Waals surface area contributed by atoms with E-state index in [4.69, 9.17) is 0 Å². The average molecular weight is 329 g/mol. The Hall–Kier alpha value is -2.89. The third-order valence-electron chi connectivity index (χ3n) is 3.72. The maximum absolute atomic E-state index is 13.4. The first-order valence-electron chi connectivity index (χ1n) is 7.67. The first-order chi connectivity index (χ1) is 11.6. The first-order valence-corrected chi connectivity index (χ1v) is 7.67. The number of aryl methyl sites for hydroxylation is 1. The van der Waals surface area contributed by atoms with Gasteiger partial charge in [-0.05, 0) is 36.1 Å². The van der Waals surface area contributed by atoms with Gasteiger partial charge in [-0.2, -0.15) is 0 Å². The molecule has 0 saturated carbocycles. The Morgan fingerprint density at radius 2 is 1.92 bits per heavy atom. The second kappa shape index (κ2) is 7.12. The molecule has 3 rings (SSSR count). The topological polar surface area (TPSA) is 46.1 Å². The quantitative estimate of drug-likeness (QED) is 0.679. The maximum atomic E-state index is 13.4. The van der Waals surface area contributed by atoms with Crippen molar-refractivity contribution in [3.63, 3.8) is 0 Å². The zero-order valence-corrected chi connectivity index (χ0v) is 12.9. The number of fused-ring (bicyclic) bond motifs is 1. The van der Waals surface area contributed by atoms with Crippen molar-refractivity contribution in [3.8, 4) is 0 Å². The summed E-state index contributed by atoms with van der Waals surface area (Å²) >= 11 is 0. The summed E-state index contributed by atoms with van der Waals surface area (Å²) in [4.78, 5) is 11.7. The highest BCUT2D eigenvalue weighted by molar-refractivity contribution is 5.89. The van der Waals surface area contributed by atoms with E-state index in [1.54, 1.807) is 0 Å². The zero-order valence-electron chi connectivity index (χ0n) is 12.9. The van der Waals surface area contributed by atoms with Crippen LogP contribution in [-0.4, -0.2) is 17.1 Å². The molecule has 0 radical (unpaired) electrons. The van der Waals surface area contributed by atoms with Crippen molar-refractivity contribution in [2.24, 2.45) is 0 Å². The van der Waals surface area contributed by atoms with Gasteiger partial charge in [-0.15, -0.1) is 0 Å². The number of anilines is 1. The summed E-state index contributed by atoms with van der Waals surface area (Å²) in [6.07, 6.45) is 2.75. The standard InChI is InChI=1S/C18H17F2N3O/c19-14-6-7-16(15(20)12-14)22-18(24)21-9-3-10-23-11-8-13-4-1-2-5-17(13)23/h1-2,4-8,11-12H,3,9-10H2,(H2,21,22,24). The normalized spacial score (nSPS) is 10.8. The summed E-state index contributed by atoms with van der Waals surface area (Å²) in [7, 11) is 0. The third-order valence-corrected chi connectivity index (χ3v) is 3.72. The van der Waals surface area contributed by atoms with E-state index in [0.717, 1.165) is 30.6 Å². The van der Waals surface area contributed by atoms with Gasteiger partial charge in [-0.3, -0.25) is 0 Å². The van der Waals surface area contributed by atoms with E-state index in [2.05, 4.69) is 21.3 Å². The maximum Gasteiger partial charge on any atom is 0.319 e. The fourth-order valence-electron chi connectivity index (χ4n) is 2.54. The number of para-hydroxylation sites is 1. The third kappa shape index (κ3) is 3.71. The van der Waals surface area contributed by atoms with Crippen LogP contribution in [-0.2, 0) is 6.54 Å². The van der Waals surface area contributed by atoms with Crippen molar-refractivity contribution in [3.05, 3.63) is 66.4 Å². The second-order valence-electron chi connectivity index (χ2n) is 5.43. The van der Waals surface area contributed by atoms with Crippen molar-refractivity contribution < 1.29 is 13.6 Å². The number of hydrogen-bond donors (Lipinski definition) is 2. The van der Waals surface area contributed by atoms with Crippen LogP contribution in [0.25, 0.3) is 10.9 Å². The molecule has 3 aromatic rings. The zero-order chi connectivity index (χ0) is 16.9. The van der Waals surface area contributed by atoms with Gasteiger partial charge in [0.1, 0.15) is 11.6 Å². The number of amides is 2. The minimum atomic E-state index is -0.802. The summed E-state index contributed by atoms with van der Waals surface area (Å²) < 4.78 is 28.4. The van der Waals surface area contributed by atoms with Gasteiger partial charge in [-0.1, -0.05) is 18.2 Å². The molecule has 0 aliphatic rings. The molecule has 0 fully saturated rings. The van der Waals surface area contributed by atoms with Crippen LogP contribution in [0.15, 0.2) is 54.7 Å². The Labute approximate surface area is 138 Å². The molecule has 0 spiro atoms. The van der Waals surface area contributed by atoms with Gasteiger partial charge in [0, 0.05) is 30.9 Å². The largest absolute Gasteiger partial charge is 0.347 e. The number of carbonyl (C=O) groups is 1. The van der Waals surface area contributed by atoms with E-state index in [9.17, 15) is 13.6 Å². The molecule has 4 nitrogen and oxygen atoms in total. The van der Waals surface area contributed by atoms with Crippen molar-refractivity contribution in [2.75, 3.05) is 11.9 Å². The summed E-state index contributed by atoms with van der Waals surface area (Å²) in [6, 6.07) is 12.6. The molecule has 0 aliphatic carbocycles. The van der Waals surface area contributed by atoms with Crippen LogP contribution in [0.4, 0.5) is 19.3 Å². The van der Waals surface area contributed by atoms with Gasteiger partial charge >= 0.3 is 6.03 Å². The van der Waals surface area contributed by atoms with Crippen LogP contribution in [0, 0.1) is 11.6 Å². The molecular formula is C18H17F2N3O. The van der Waals surface area contributed by atoms with Crippen LogP contribution in [0.2, 0.25) is 0 Å². The van der Waals surface area contributed by atoms with Gasteiger partial charge in [0.2, 0.25) is 0 Å². The summed E-state index contributed by atoms with van der Waals surface area (Å²) in [5, 5.41) is 6.20. The smallest absolute Gasteiger partial charge is 0.319 e. The van der Waals surface area contributed by atoms with Crippen molar-refractivity contribution in [2.45, 2.75) is 13.0 Å². The number of halogens is 2. The predicted octanol–water partition coefficient (Wildman–Crippen LogP) is 4.13. The minimum Gasteiger partial charge on any atom is -0.347 e. The number of urea groups is 1. The monoisotopic (exact) mass is 329 g/mol. The predicted molar refractivity (Wildman–Crippen MR) is 89.9 cm³/mol. The van der Waals surface area contributed by atoms with Crippen LogP contribution in [0.3, 0.4) is 0 Å². The fraction of sp³-hybridized carbons (Fsp3) is 0.167. The van der Waals surface area contributed by atoms with E-state index < -0.39 is 17.7 Å². The van der Waals surface area contributed by atoms with Crippen LogP contribution in [0.1, 0.15) is 6.42 Å². The van der Waals surface area contributed by atoms with E-state index in [1.165, 1.54) is 11.5 Å². The molecule has 1 heterocycles. The number of carbonyl (C=O) groups excluding carboxylic acids is 1. The lowest BCUT2D eigenvalue weighted by atomic mass is 10.2. The van der Waals surface area contributed by atoms with Gasteiger partial charge < -0.3 is 15.2 Å². The molecule has 24 heavy (non-hydrogen) atoms. The van der Waals surface area contributed by atoms with Crippen LogP contribution in [0.5, 0.6) is 0 Å². The van der Waals surface area contributed by atoms with Gasteiger partial charge in [-0.25, -0.2) is 13.6 Å². The first kappa shape index (κ1) is 16.0. The lowest BCUT2D eigenvalue weighted by Gasteiger charge is -2.09. The van der Waals surface area contributed by atoms with E-state index in [-0.39, 0.29) is 5.69 Å². The lowest BCUT2D eigenvalue weighted by Crippen LogP contribution is -2.30. The Balaban J connectivity index is 1.47. The van der Waals surface area contributed by atoms with E-state index in [0.29, 0.717) is 6.54 Å². The average Bonchev–Trinajstić information content (AvgIpc) is 2.98. The molecule has 124 valence electrons. The molecule has 0 aliphatic heterocycles. The fourth-order valence-corrected chi connectivity index (χ4v) is 2.54. The van der Waals surface area contributed by atoms with E-state index in [1.807, 2.05) is 30.5 Å². The Morgan fingerprint density at radius 3 is 2.75 bits per heavy atom. The van der Waals surface area contributed by atoms with Crippen molar-refractivity contribution >= 4 is 22.6 Å². The summed E-state index contributed by atoms with van der Waals surface area (Å²) in [6.45, 7) is 1.21. The summed E-state index contributed by atoms with van der Waals surface area (Å²) in [5.74, 6) is -1.48. The highest BCUT2D eigenvalue weighted by atomic mass is 19.1. The van der Waals surface area contributed by atoms with Gasteiger partial charge in [0.15, 0.2) is 0 Å². The Kier molecular flexibility index (Phi) is 4.74. The molecule has 0 unspecified atom stereocenters. The highest BCUT2D eigenvalue weighted by Gasteiger charge is 2.07. The van der Waals surface area contributed by atoms with Crippen molar-refractivity contribution in [1.82, 2.24) is 9.88 Å². The van der Waals surface area contributed by atoms with Gasteiger partial charge in [0.05, 0.1) is 5.69 Å². The number of aromatic nitrogens is 1. The SMILES string of the molecule is O=C(NCCCn1ccc2ccccc21)Nc1ccc(F)cc1F. The number of rotatable bonds is 5. The molecule has 0 bridgehead atoms. The van der Waals surface area contributed by atoms with Crippen LogP contribution < -0.4 is 10.6 Å². The Morgan fingerprint density at radius 1 is 1.08 bits per heavy atom. The molecule has 6 heteroatoms. The number of benzene rings is 2. The molecule has 1 aromatic heterocycles. The molecule has 2 N–H and O–H groups in total.